The standard InChI is InChI=1S/C23H29N3O2/c1-3-19-10-12-20(13-11-19)28-17-7-6-16-26-22-9-5-4-8-21(22)25-23(26)14-15-24-18(2)27/h4-5,8-13H,3,6-7,14-17H2,1-2H3,(H,24,27). The number of benzene rings is 2. The second-order valence-electron chi connectivity index (χ2n) is 6.95. The average Bonchev–Trinajstić information content (AvgIpc) is 3.05. The summed E-state index contributed by atoms with van der Waals surface area (Å²) in [5, 5.41) is 2.86. The smallest absolute Gasteiger partial charge is 0.216 e. The van der Waals surface area contributed by atoms with Gasteiger partial charge in [0.15, 0.2) is 0 Å². The molecular weight excluding hydrogens is 350 g/mol. The quantitative estimate of drug-likeness (QED) is 0.539. The minimum Gasteiger partial charge on any atom is -0.494 e. The van der Waals surface area contributed by atoms with E-state index in [0.29, 0.717) is 13.2 Å². The van der Waals surface area contributed by atoms with E-state index in [1.54, 1.807) is 6.92 Å². The molecule has 0 aliphatic heterocycles. The number of fused-ring (bicyclic) bond motifs is 1. The Kier molecular flexibility index (Phi) is 7.06. The van der Waals surface area contributed by atoms with E-state index in [1.165, 1.54) is 5.56 Å². The van der Waals surface area contributed by atoms with Gasteiger partial charge in [-0.25, -0.2) is 4.98 Å². The highest BCUT2D eigenvalue weighted by molar-refractivity contribution is 5.76. The molecule has 1 aromatic heterocycles. The molecular formula is C23H29N3O2. The SMILES string of the molecule is CCc1ccc(OCCCCn2c(CCNC(C)=O)nc3ccccc32)cc1. The molecule has 0 fully saturated rings. The number of nitrogens with zero attached hydrogens (tertiary/aromatic N) is 2. The Balaban J connectivity index is 1.54. The molecule has 0 bridgehead atoms. The van der Waals surface area contributed by atoms with E-state index in [4.69, 9.17) is 9.72 Å². The maximum absolute atomic E-state index is 11.1. The van der Waals surface area contributed by atoms with Gasteiger partial charge in [-0.1, -0.05) is 31.2 Å². The molecule has 0 atom stereocenters. The third-order valence-corrected chi connectivity index (χ3v) is 4.83. The Hall–Kier alpha value is -2.82. The zero-order valence-electron chi connectivity index (χ0n) is 16.8. The lowest BCUT2D eigenvalue weighted by Gasteiger charge is -2.10. The van der Waals surface area contributed by atoms with Crippen molar-refractivity contribution in [3.8, 4) is 5.75 Å². The topological polar surface area (TPSA) is 56.1 Å². The number of carbonyl (C=O) groups excluding carboxylic acids is 1. The lowest BCUT2D eigenvalue weighted by atomic mass is 10.2. The zero-order valence-corrected chi connectivity index (χ0v) is 16.8. The summed E-state index contributed by atoms with van der Waals surface area (Å²) in [4.78, 5) is 15.9. The van der Waals surface area contributed by atoms with Crippen LogP contribution in [0.2, 0.25) is 0 Å². The summed E-state index contributed by atoms with van der Waals surface area (Å²) in [6, 6.07) is 16.5. The van der Waals surface area contributed by atoms with Crippen molar-refractivity contribution >= 4 is 16.9 Å². The molecule has 3 aromatic rings. The number of ether oxygens (including phenoxy) is 1. The molecule has 1 heterocycles. The number of carbonyl (C=O) groups is 1. The van der Waals surface area contributed by atoms with Crippen LogP contribution in [-0.2, 0) is 24.2 Å². The third-order valence-electron chi connectivity index (χ3n) is 4.83. The van der Waals surface area contributed by atoms with E-state index in [-0.39, 0.29) is 5.91 Å². The molecule has 0 aliphatic rings. The van der Waals surface area contributed by atoms with Gasteiger partial charge in [-0.05, 0) is 49.1 Å². The predicted molar refractivity (Wildman–Crippen MR) is 113 cm³/mol. The number of hydrogen-bond donors (Lipinski definition) is 1. The molecule has 3 rings (SSSR count). The van der Waals surface area contributed by atoms with Gasteiger partial charge in [0.2, 0.25) is 5.91 Å². The van der Waals surface area contributed by atoms with E-state index >= 15 is 0 Å². The van der Waals surface area contributed by atoms with E-state index < -0.39 is 0 Å². The monoisotopic (exact) mass is 379 g/mol. The summed E-state index contributed by atoms with van der Waals surface area (Å²) >= 11 is 0. The van der Waals surface area contributed by atoms with Crippen molar-refractivity contribution in [2.24, 2.45) is 0 Å². The van der Waals surface area contributed by atoms with Crippen LogP contribution in [0.25, 0.3) is 11.0 Å². The molecule has 0 spiro atoms. The second kappa shape index (κ2) is 9.93. The normalized spacial score (nSPS) is 10.9. The van der Waals surface area contributed by atoms with E-state index in [1.807, 2.05) is 30.3 Å². The summed E-state index contributed by atoms with van der Waals surface area (Å²) in [5.74, 6) is 1.94. The first kappa shape index (κ1) is 19.9. The maximum atomic E-state index is 11.1. The van der Waals surface area contributed by atoms with Crippen LogP contribution in [0, 0.1) is 0 Å². The van der Waals surface area contributed by atoms with Crippen LogP contribution in [-0.4, -0.2) is 28.6 Å². The molecule has 0 unspecified atom stereocenters. The lowest BCUT2D eigenvalue weighted by molar-refractivity contribution is -0.118. The molecule has 28 heavy (non-hydrogen) atoms. The number of imidazole rings is 1. The Morgan fingerprint density at radius 3 is 2.64 bits per heavy atom. The molecule has 2 aromatic carbocycles. The van der Waals surface area contributed by atoms with Crippen LogP contribution in [0.5, 0.6) is 5.75 Å². The van der Waals surface area contributed by atoms with Crippen molar-refractivity contribution in [3.05, 3.63) is 59.9 Å². The maximum Gasteiger partial charge on any atom is 0.216 e. The van der Waals surface area contributed by atoms with E-state index in [9.17, 15) is 4.79 Å². The number of nitrogens with one attached hydrogen (secondary N) is 1. The Bertz CT molecular complexity index is 900. The number of aryl methyl sites for hydroxylation is 2. The highest BCUT2D eigenvalue weighted by Crippen LogP contribution is 2.18. The number of unbranched alkanes of at least 4 members (excludes halogenated alkanes) is 1. The number of rotatable bonds is 10. The first-order valence-electron chi connectivity index (χ1n) is 10.1. The number of aromatic nitrogens is 2. The summed E-state index contributed by atoms with van der Waals surface area (Å²) in [6.45, 7) is 5.90. The minimum atomic E-state index is -0.00761. The van der Waals surface area contributed by atoms with Gasteiger partial charge >= 0.3 is 0 Å². The molecule has 0 aliphatic carbocycles. The summed E-state index contributed by atoms with van der Waals surface area (Å²) in [5.41, 5.74) is 3.48. The molecule has 0 radical (unpaired) electrons. The number of amides is 1. The van der Waals surface area contributed by atoms with Gasteiger partial charge in [-0.15, -0.1) is 0 Å². The van der Waals surface area contributed by atoms with Gasteiger partial charge in [0, 0.05) is 26.4 Å². The molecule has 0 saturated carbocycles. The summed E-state index contributed by atoms with van der Waals surface area (Å²) < 4.78 is 8.13. The Labute approximate surface area is 166 Å². The molecule has 5 nitrogen and oxygen atoms in total. The van der Waals surface area contributed by atoms with Crippen molar-refractivity contribution in [3.63, 3.8) is 0 Å². The molecule has 148 valence electrons. The van der Waals surface area contributed by atoms with E-state index in [0.717, 1.165) is 54.8 Å². The Morgan fingerprint density at radius 1 is 1.11 bits per heavy atom. The minimum absolute atomic E-state index is 0.00761. The van der Waals surface area contributed by atoms with Gasteiger partial charge in [0.25, 0.3) is 0 Å². The summed E-state index contributed by atoms with van der Waals surface area (Å²) in [6.07, 6.45) is 3.77. The summed E-state index contributed by atoms with van der Waals surface area (Å²) in [7, 11) is 0. The lowest BCUT2D eigenvalue weighted by Crippen LogP contribution is -2.23. The Morgan fingerprint density at radius 2 is 1.89 bits per heavy atom. The highest BCUT2D eigenvalue weighted by Gasteiger charge is 2.10. The fourth-order valence-corrected chi connectivity index (χ4v) is 3.30. The molecule has 0 saturated heterocycles. The van der Waals surface area contributed by atoms with Crippen LogP contribution in [0.15, 0.2) is 48.5 Å². The van der Waals surface area contributed by atoms with Gasteiger partial charge in [0.05, 0.1) is 17.6 Å². The van der Waals surface area contributed by atoms with Gasteiger partial charge < -0.3 is 14.6 Å². The van der Waals surface area contributed by atoms with Gasteiger partial charge in [0.1, 0.15) is 11.6 Å². The van der Waals surface area contributed by atoms with Crippen molar-refractivity contribution in [1.29, 1.82) is 0 Å². The van der Waals surface area contributed by atoms with Crippen LogP contribution in [0.1, 0.15) is 38.1 Å². The van der Waals surface area contributed by atoms with Crippen molar-refractivity contribution in [1.82, 2.24) is 14.9 Å². The fraction of sp³-hybridized carbons (Fsp3) is 0.391. The molecule has 1 amide bonds. The van der Waals surface area contributed by atoms with Crippen LogP contribution in [0.3, 0.4) is 0 Å². The van der Waals surface area contributed by atoms with Crippen molar-refractivity contribution < 1.29 is 9.53 Å². The van der Waals surface area contributed by atoms with Crippen molar-refractivity contribution in [2.45, 2.75) is 46.1 Å². The van der Waals surface area contributed by atoms with Crippen LogP contribution < -0.4 is 10.1 Å². The van der Waals surface area contributed by atoms with Crippen LogP contribution in [0.4, 0.5) is 0 Å². The average molecular weight is 380 g/mol. The molecule has 5 heteroatoms. The second-order valence-corrected chi connectivity index (χ2v) is 6.95. The van der Waals surface area contributed by atoms with Crippen molar-refractivity contribution in [2.75, 3.05) is 13.2 Å². The van der Waals surface area contributed by atoms with Crippen LogP contribution >= 0.6 is 0 Å². The van der Waals surface area contributed by atoms with Gasteiger partial charge in [-0.3, -0.25) is 4.79 Å². The van der Waals surface area contributed by atoms with E-state index in [2.05, 4.69) is 35.0 Å². The fourth-order valence-electron chi connectivity index (χ4n) is 3.30. The first-order valence-corrected chi connectivity index (χ1v) is 10.1. The largest absolute Gasteiger partial charge is 0.494 e. The van der Waals surface area contributed by atoms with Gasteiger partial charge in [-0.2, -0.15) is 0 Å². The third kappa shape index (κ3) is 5.35. The number of hydrogen-bond acceptors (Lipinski definition) is 3. The predicted octanol–water partition coefficient (Wildman–Crippen LogP) is 4.14. The highest BCUT2D eigenvalue weighted by atomic mass is 16.5. The molecule has 1 N–H and O–H groups in total. The zero-order chi connectivity index (χ0) is 19.8. The first-order chi connectivity index (χ1) is 13.7. The number of para-hydroxylation sites is 2.